The van der Waals surface area contributed by atoms with E-state index in [-0.39, 0.29) is 17.0 Å². The van der Waals surface area contributed by atoms with Crippen molar-refractivity contribution in [1.29, 1.82) is 0 Å². The molecule has 1 rings (SSSR count). The molecule has 0 heterocycles. The van der Waals surface area contributed by atoms with Crippen LogP contribution in [0.5, 0.6) is 5.75 Å². The number of aromatic hydroxyl groups is 1. The van der Waals surface area contributed by atoms with E-state index in [0.29, 0.717) is 4.90 Å². The molecule has 8 heteroatoms. The van der Waals surface area contributed by atoms with Gasteiger partial charge in [-0.25, -0.2) is 0 Å². The Balaban J connectivity index is 2.95. The van der Waals surface area contributed by atoms with Gasteiger partial charge in [0.1, 0.15) is 12.3 Å². The number of hydrogen-bond donors (Lipinski definition) is 3. The largest absolute Gasteiger partial charge is 0.506 e. The summed E-state index contributed by atoms with van der Waals surface area (Å²) in [5.41, 5.74) is 5.21. The van der Waals surface area contributed by atoms with E-state index in [1.807, 2.05) is 0 Å². The monoisotopic (exact) mass is 278 g/mol. The van der Waals surface area contributed by atoms with Gasteiger partial charge in [0, 0.05) is 12.1 Å². The fourth-order valence-electron chi connectivity index (χ4n) is 1.45. The molecule has 1 aromatic rings. The second-order valence-electron chi connectivity index (χ2n) is 3.84. The maximum atomic E-state index is 12.3. The third-order valence-electron chi connectivity index (χ3n) is 2.30. The third kappa shape index (κ3) is 4.32. The molecule has 0 bridgehead atoms. The van der Waals surface area contributed by atoms with Crippen LogP contribution in [0.4, 0.5) is 18.9 Å². The molecule has 19 heavy (non-hydrogen) atoms. The molecule has 0 radical (unpaired) electrons. The number of phenolic OH excluding ortho intramolecular Hbond substituents is 1. The van der Waals surface area contributed by atoms with Crippen LogP contribution >= 0.6 is 0 Å². The molecule has 0 atom stereocenters. The van der Waals surface area contributed by atoms with Crippen molar-refractivity contribution in [3.05, 3.63) is 23.8 Å². The molecule has 0 aliphatic heterocycles. The number of alkyl halides is 3. The first kappa shape index (κ1) is 15.1. The Kier molecular flexibility index (Phi) is 4.60. The van der Waals surface area contributed by atoms with Gasteiger partial charge in [-0.15, -0.1) is 0 Å². The average molecular weight is 278 g/mol. The lowest BCUT2D eigenvalue weighted by molar-refractivity contribution is -0.141. The van der Waals surface area contributed by atoms with Gasteiger partial charge in [-0.2, -0.15) is 13.2 Å². The predicted octanol–water partition coefficient (Wildman–Crippen LogP) is 0.971. The van der Waals surface area contributed by atoms with Crippen molar-refractivity contribution in [2.75, 3.05) is 25.4 Å². The summed E-state index contributed by atoms with van der Waals surface area (Å²) >= 11 is 0. The van der Waals surface area contributed by atoms with Gasteiger partial charge >= 0.3 is 6.18 Å². The standard InChI is InChI=1S/C11H13F3N2O3/c12-11(13,14)6-16(3-4-17)10(19)7-1-2-8(15)9(18)5-7/h1-2,5,17-18H,3-4,6,15H2. The Hall–Kier alpha value is -1.96. The van der Waals surface area contributed by atoms with Crippen LogP contribution in [0.2, 0.25) is 0 Å². The summed E-state index contributed by atoms with van der Waals surface area (Å²) < 4.78 is 36.9. The van der Waals surface area contributed by atoms with Gasteiger partial charge in [-0.05, 0) is 18.2 Å². The van der Waals surface area contributed by atoms with E-state index in [0.717, 1.165) is 6.07 Å². The van der Waals surface area contributed by atoms with E-state index >= 15 is 0 Å². The van der Waals surface area contributed by atoms with Crippen LogP contribution in [0.1, 0.15) is 10.4 Å². The zero-order valence-electron chi connectivity index (χ0n) is 9.81. The fourth-order valence-corrected chi connectivity index (χ4v) is 1.45. The van der Waals surface area contributed by atoms with Crippen molar-refractivity contribution < 1.29 is 28.2 Å². The first-order valence-corrected chi connectivity index (χ1v) is 5.30. The number of phenols is 1. The number of hydrogen-bond acceptors (Lipinski definition) is 4. The highest BCUT2D eigenvalue weighted by Crippen LogP contribution is 2.23. The normalized spacial score (nSPS) is 11.4. The number of benzene rings is 1. The summed E-state index contributed by atoms with van der Waals surface area (Å²) in [4.78, 5) is 12.3. The molecular weight excluding hydrogens is 265 g/mol. The van der Waals surface area contributed by atoms with Crippen molar-refractivity contribution in [3.63, 3.8) is 0 Å². The summed E-state index contributed by atoms with van der Waals surface area (Å²) in [6.07, 6.45) is -4.57. The van der Waals surface area contributed by atoms with Crippen molar-refractivity contribution in [1.82, 2.24) is 4.90 Å². The van der Waals surface area contributed by atoms with Gasteiger partial charge in [0.05, 0.1) is 12.3 Å². The molecule has 0 saturated carbocycles. The van der Waals surface area contributed by atoms with E-state index in [1.165, 1.54) is 12.1 Å². The van der Waals surface area contributed by atoms with E-state index in [4.69, 9.17) is 10.8 Å². The molecule has 5 nitrogen and oxygen atoms in total. The fraction of sp³-hybridized carbons (Fsp3) is 0.364. The molecule has 1 aromatic carbocycles. The Morgan fingerprint density at radius 3 is 2.47 bits per heavy atom. The number of carbonyl (C=O) groups is 1. The number of nitrogens with two attached hydrogens (primary N) is 1. The second-order valence-corrected chi connectivity index (χ2v) is 3.84. The lowest BCUT2D eigenvalue weighted by Gasteiger charge is -2.23. The number of anilines is 1. The summed E-state index contributed by atoms with van der Waals surface area (Å²) in [6.45, 7) is -2.52. The first-order valence-electron chi connectivity index (χ1n) is 5.30. The minimum Gasteiger partial charge on any atom is -0.506 e. The highest BCUT2D eigenvalue weighted by Gasteiger charge is 2.33. The predicted molar refractivity (Wildman–Crippen MR) is 61.6 cm³/mol. The molecule has 0 unspecified atom stereocenters. The van der Waals surface area contributed by atoms with Crippen molar-refractivity contribution in [3.8, 4) is 5.75 Å². The van der Waals surface area contributed by atoms with Crippen LogP contribution < -0.4 is 5.73 Å². The zero-order chi connectivity index (χ0) is 14.6. The number of halogens is 3. The molecule has 106 valence electrons. The quantitative estimate of drug-likeness (QED) is 0.566. The molecule has 0 aliphatic rings. The molecule has 0 saturated heterocycles. The van der Waals surface area contributed by atoms with Crippen molar-refractivity contribution >= 4 is 11.6 Å². The third-order valence-corrected chi connectivity index (χ3v) is 2.30. The first-order chi connectivity index (χ1) is 8.74. The van der Waals surface area contributed by atoms with Crippen LogP contribution in [0.25, 0.3) is 0 Å². The smallest absolute Gasteiger partial charge is 0.406 e. The minimum absolute atomic E-state index is 0.0149. The van der Waals surface area contributed by atoms with Crippen LogP contribution in [-0.4, -0.2) is 46.9 Å². The van der Waals surface area contributed by atoms with Crippen molar-refractivity contribution in [2.45, 2.75) is 6.18 Å². The second kappa shape index (κ2) is 5.79. The van der Waals surface area contributed by atoms with Crippen molar-refractivity contribution in [2.24, 2.45) is 0 Å². The Morgan fingerprint density at radius 1 is 1.37 bits per heavy atom. The lowest BCUT2D eigenvalue weighted by Crippen LogP contribution is -2.40. The number of amides is 1. The Bertz CT molecular complexity index is 463. The molecular formula is C11H13F3N2O3. The van der Waals surface area contributed by atoms with Gasteiger partial charge in [-0.1, -0.05) is 0 Å². The Labute approximate surface area is 107 Å². The lowest BCUT2D eigenvalue weighted by atomic mass is 10.1. The Morgan fingerprint density at radius 2 is 2.00 bits per heavy atom. The maximum absolute atomic E-state index is 12.3. The summed E-state index contributed by atoms with van der Waals surface area (Å²) in [5, 5.41) is 18.0. The minimum atomic E-state index is -4.57. The summed E-state index contributed by atoms with van der Waals surface area (Å²) in [7, 11) is 0. The molecule has 1 amide bonds. The molecule has 0 spiro atoms. The maximum Gasteiger partial charge on any atom is 0.406 e. The van der Waals surface area contributed by atoms with Crippen LogP contribution in [-0.2, 0) is 0 Å². The van der Waals surface area contributed by atoms with Crippen LogP contribution in [0.15, 0.2) is 18.2 Å². The summed E-state index contributed by atoms with van der Waals surface area (Å²) in [5.74, 6) is -1.33. The number of carbonyl (C=O) groups excluding carboxylic acids is 1. The van der Waals surface area contributed by atoms with Gasteiger partial charge in [0.2, 0.25) is 0 Å². The van der Waals surface area contributed by atoms with Gasteiger partial charge in [0.25, 0.3) is 5.91 Å². The topological polar surface area (TPSA) is 86.8 Å². The molecule has 4 N–H and O–H groups in total. The molecule has 0 fully saturated rings. The van der Waals surface area contributed by atoms with Gasteiger partial charge < -0.3 is 20.8 Å². The van der Waals surface area contributed by atoms with Crippen LogP contribution in [0, 0.1) is 0 Å². The highest BCUT2D eigenvalue weighted by atomic mass is 19.4. The van der Waals surface area contributed by atoms with E-state index in [2.05, 4.69) is 0 Å². The SMILES string of the molecule is Nc1ccc(C(=O)N(CCO)CC(F)(F)F)cc1O. The number of nitrogen functional groups attached to an aromatic ring is 1. The molecule has 0 aliphatic carbocycles. The van der Waals surface area contributed by atoms with Gasteiger partial charge in [0.15, 0.2) is 0 Å². The number of rotatable bonds is 4. The molecule has 0 aromatic heterocycles. The highest BCUT2D eigenvalue weighted by molar-refractivity contribution is 5.95. The van der Waals surface area contributed by atoms with Crippen LogP contribution in [0.3, 0.4) is 0 Å². The zero-order valence-corrected chi connectivity index (χ0v) is 9.81. The number of nitrogens with zero attached hydrogens (tertiary/aromatic N) is 1. The van der Waals surface area contributed by atoms with E-state index in [9.17, 15) is 23.1 Å². The van der Waals surface area contributed by atoms with E-state index in [1.54, 1.807) is 0 Å². The summed E-state index contributed by atoms with van der Waals surface area (Å²) in [6, 6.07) is 3.41. The van der Waals surface area contributed by atoms with Gasteiger partial charge in [-0.3, -0.25) is 4.79 Å². The average Bonchev–Trinajstić information content (AvgIpc) is 2.29. The van der Waals surface area contributed by atoms with E-state index < -0.39 is 31.8 Å². The number of aliphatic hydroxyl groups is 1. The number of aliphatic hydroxyl groups excluding tert-OH is 1.